The number of hydrogen-bond donors (Lipinski definition) is 1. The van der Waals surface area contributed by atoms with Crippen molar-refractivity contribution in [2.24, 2.45) is 5.92 Å². The third kappa shape index (κ3) is 3.63. The maximum Gasteiger partial charge on any atom is 0.321 e. The highest BCUT2D eigenvalue weighted by Gasteiger charge is 2.41. The highest BCUT2D eigenvalue weighted by molar-refractivity contribution is 8.01. The van der Waals surface area contributed by atoms with Gasteiger partial charge >= 0.3 is 12.0 Å². The Morgan fingerprint density at radius 1 is 1.33 bits per heavy atom. The Balaban J connectivity index is 1.99. The molecular formula is C12H20N2O5S2. The van der Waals surface area contributed by atoms with Crippen LogP contribution in [0.4, 0.5) is 4.79 Å². The van der Waals surface area contributed by atoms with Gasteiger partial charge in [0.1, 0.15) is 5.37 Å². The minimum Gasteiger partial charge on any atom is -0.481 e. The molecule has 0 radical (unpaired) electrons. The molecular weight excluding hydrogens is 316 g/mol. The van der Waals surface area contributed by atoms with Crippen LogP contribution in [0.2, 0.25) is 0 Å². The Hall–Kier alpha value is -0.960. The van der Waals surface area contributed by atoms with E-state index >= 15 is 0 Å². The summed E-state index contributed by atoms with van der Waals surface area (Å²) in [5.41, 5.74) is 0. The van der Waals surface area contributed by atoms with Gasteiger partial charge in [0, 0.05) is 42.8 Å². The van der Waals surface area contributed by atoms with Gasteiger partial charge < -0.3 is 14.9 Å². The van der Waals surface area contributed by atoms with E-state index in [1.54, 1.807) is 23.6 Å². The number of sulfone groups is 1. The fourth-order valence-electron chi connectivity index (χ4n) is 2.57. The monoisotopic (exact) mass is 336 g/mol. The molecule has 2 amide bonds. The Morgan fingerprint density at radius 2 is 2.00 bits per heavy atom. The summed E-state index contributed by atoms with van der Waals surface area (Å²) in [4.78, 5) is 26.0. The van der Waals surface area contributed by atoms with E-state index < -0.39 is 21.2 Å². The molecule has 120 valence electrons. The molecule has 2 rings (SSSR count). The molecule has 21 heavy (non-hydrogen) atoms. The van der Waals surface area contributed by atoms with Gasteiger partial charge in [-0.3, -0.25) is 4.79 Å². The number of urea groups is 1. The smallest absolute Gasteiger partial charge is 0.321 e. The van der Waals surface area contributed by atoms with Gasteiger partial charge in [-0.2, -0.15) is 11.8 Å². The number of carbonyl (C=O) groups excluding carboxylic acids is 1. The number of carboxylic acids is 1. The summed E-state index contributed by atoms with van der Waals surface area (Å²) < 4.78 is 24.2. The van der Waals surface area contributed by atoms with E-state index in [1.165, 1.54) is 4.90 Å². The van der Waals surface area contributed by atoms with Gasteiger partial charge in [-0.15, -0.1) is 0 Å². The number of amides is 2. The first-order chi connectivity index (χ1) is 9.85. The molecule has 2 heterocycles. The molecule has 1 N–H and O–H groups in total. The molecule has 2 fully saturated rings. The minimum absolute atomic E-state index is 0.0175. The summed E-state index contributed by atoms with van der Waals surface area (Å²) in [6.07, 6.45) is 0.0519. The van der Waals surface area contributed by atoms with E-state index in [9.17, 15) is 18.0 Å². The fourth-order valence-corrected chi connectivity index (χ4v) is 5.53. The van der Waals surface area contributed by atoms with Crippen molar-refractivity contribution >= 4 is 33.6 Å². The second-order valence-corrected chi connectivity index (χ2v) is 8.92. The third-order valence-corrected chi connectivity index (χ3v) is 7.13. The second-order valence-electron chi connectivity index (χ2n) is 5.33. The predicted molar refractivity (Wildman–Crippen MR) is 80.0 cm³/mol. The van der Waals surface area contributed by atoms with Crippen LogP contribution in [0.5, 0.6) is 0 Å². The highest BCUT2D eigenvalue weighted by atomic mass is 32.2. The van der Waals surface area contributed by atoms with Gasteiger partial charge in [0.15, 0.2) is 9.84 Å². The molecule has 0 aliphatic carbocycles. The van der Waals surface area contributed by atoms with E-state index in [1.807, 2.05) is 0 Å². The van der Waals surface area contributed by atoms with Gasteiger partial charge in [-0.1, -0.05) is 6.92 Å². The largest absolute Gasteiger partial charge is 0.481 e. The van der Waals surface area contributed by atoms with Crippen molar-refractivity contribution in [3.63, 3.8) is 0 Å². The molecule has 7 nitrogen and oxygen atoms in total. The van der Waals surface area contributed by atoms with Gasteiger partial charge in [-0.25, -0.2) is 13.2 Å². The van der Waals surface area contributed by atoms with E-state index in [2.05, 4.69) is 0 Å². The number of aliphatic carboxylic acids is 1. The molecule has 0 aromatic heterocycles. The molecule has 0 spiro atoms. The number of hydrogen-bond acceptors (Lipinski definition) is 5. The van der Waals surface area contributed by atoms with Gasteiger partial charge in [-0.05, 0) is 0 Å². The van der Waals surface area contributed by atoms with Gasteiger partial charge in [0.25, 0.3) is 0 Å². The molecule has 2 saturated heterocycles. The Kier molecular flexibility index (Phi) is 5.03. The normalized spacial score (nSPS) is 23.8. The Bertz CT molecular complexity index is 516. The standard InChI is InChI=1S/C12H20N2O5S2/c1-2-21(18,19)10-8-20-4-3-14(10)12(17)13-6-9(7-13)5-11(15)16/h9-10H,2-8H2,1H3,(H,15,16). The SMILES string of the molecule is CCS(=O)(=O)C1CSCCN1C(=O)N1CC(CC(=O)O)C1. The summed E-state index contributed by atoms with van der Waals surface area (Å²) in [6.45, 7) is 2.80. The molecule has 0 saturated carbocycles. The van der Waals surface area contributed by atoms with Gasteiger partial charge in [0.2, 0.25) is 0 Å². The molecule has 0 aromatic rings. The number of nitrogens with zero attached hydrogens (tertiary/aromatic N) is 2. The highest BCUT2D eigenvalue weighted by Crippen LogP contribution is 2.26. The van der Waals surface area contributed by atoms with E-state index in [0.29, 0.717) is 25.4 Å². The van der Waals surface area contributed by atoms with Crippen LogP contribution in [0.25, 0.3) is 0 Å². The molecule has 9 heteroatoms. The predicted octanol–water partition coefficient (Wildman–Crippen LogP) is 0.323. The summed E-state index contributed by atoms with van der Waals surface area (Å²) in [5.74, 6) is 0.269. The lowest BCUT2D eigenvalue weighted by Gasteiger charge is -2.44. The maximum atomic E-state index is 12.4. The molecule has 2 aliphatic heterocycles. The first-order valence-electron chi connectivity index (χ1n) is 6.91. The van der Waals surface area contributed by atoms with Crippen molar-refractivity contribution in [1.29, 1.82) is 0 Å². The number of carbonyl (C=O) groups is 2. The first kappa shape index (κ1) is 16.4. The summed E-state index contributed by atoms with van der Waals surface area (Å²) in [7, 11) is -3.30. The Labute approximate surface area is 128 Å². The average molecular weight is 336 g/mol. The van der Waals surface area contributed by atoms with Crippen LogP contribution >= 0.6 is 11.8 Å². The van der Waals surface area contributed by atoms with Crippen LogP contribution in [-0.4, -0.2) is 77.6 Å². The van der Waals surface area contributed by atoms with Crippen LogP contribution in [0.15, 0.2) is 0 Å². The first-order valence-corrected chi connectivity index (χ1v) is 9.78. The topological polar surface area (TPSA) is 95.0 Å². The molecule has 0 aromatic carbocycles. The van der Waals surface area contributed by atoms with Crippen molar-refractivity contribution in [3.8, 4) is 0 Å². The lowest BCUT2D eigenvalue weighted by molar-refractivity contribution is -0.139. The van der Waals surface area contributed by atoms with Crippen LogP contribution in [0.3, 0.4) is 0 Å². The zero-order valence-electron chi connectivity index (χ0n) is 11.9. The van der Waals surface area contributed by atoms with Gasteiger partial charge in [0.05, 0.1) is 6.42 Å². The maximum absolute atomic E-state index is 12.4. The van der Waals surface area contributed by atoms with Crippen molar-refractivity contribution < 1.29 is 23.1 Å². The van der Waals surface area contributed by atoms with Crippen molar-refractivity contribution in [3.05, 3.63) is 0 Å². The van der Waals surface area contributed by atoms with Crippen molar-refractivity contribution in [2.45, 2.75) is 18.7 Å². The number of likely N-dealkylation sites (tertiary alicyclic amines) is 1. The summed E-state index contributed by atoms with van der Waals surface area (Å²) in [5, 5.41) is 7.95. The van der Waals surface area contributed by atoms with Crippen LogP contribution in [-0.2, 0) is 14.6 Å². The lowest BCUT2D eigenvalue weighted by atomic mass is 9.97. The second kappa shape index (κ2) is 6.43. The molecule has 0 bridgehead atoms. The van der Waals surface area contributed by atoms with Crippen LogP contribution in [0.1, 0.15) is 13.3 Å². The zero-order chi connectivity index (χ0) is 15.6. The van der Waals surface area contributed by atoms with E-state index in [0.717, 1.165) is 5.75 Å². The number of thioether (sulfide) groups is 1. The summed E-state index contributed by atoms with van der Waals surface area (Å²) >= 11 is 1.54. The number of carboxylic acid groups (broad SMARTS) is 1. The zero-order valence-corrected chi connectivity index (χ0v) is 13.5. The molecule has 2 aliphatic rings. The lowest BCUT2D eigenvalue weighted by Crippen LogP contribution is -2.60. The summed E-state index contributed by atoms with van der Waals surface area (Å²) in [6, 6.07) is -0.279. The quantitative estimate of drug-likeness (QED) is 0.794. The number of rotatable bonds is 4. The van der Waals surface area contributed by atoms with Crippen LogP contribution in [0, 0.1) is 5.92 Å². The molecule has 1 atom stereocenters. The van der Waals surface area contributed by atoms with Crippen molar-refractivity contribution in [2.75, 3.05) is 36.9 Å². The van der Waals surface area contributed by atoms with E-state index in [4.69, 9.17) is 5.11 Å². The molecule has 1 unspecified atom stereocenters. The van der Waals surface area contributed by atoms with Crippen LogP contribution < -0.4 is 0 Å². The average Bonchev–Trinajstić information content (AvgIpc) is 2.41. The fraction of sp³-hybridized carbons (Fsp3) is 0.833. The third-order valence-electron chi connectivity index (χ3n) is 3.84. The minimum atomic E-state index is -3.30. The van der Waals surface area contributed by atoms with E-state index in [-0.39, 0.29) is 24.1 Å². The van der Waals surface area contributed by atoms with Crippen molar-refractivity contribution in [1.82, 2.24) is 9.80 Å². The Morgan fingerprint density at radius 3 is 2.57 bits per heavy atom.